The Hall–Kier alpha value is -1.64. The van der Waals surface area contributed by atoms with E-state index in [1.807, 2.05) is 24.3 Å². The summed E-state index contributed by atoms with van der Waals surface area (Å²) in [5.74, 6) is 0.136. The molecule has 3 nitrogen and oxygen atoms in total. The molecule has 0 fully saturated rings. The van der Waals surface area contributed by atoms with E-state index in [-0.39, 0.29) is 5.91 Å². The van der Waals surface area contributed by atoms with Gasteiger partial charge in [-0.25, -0.2) is 0 Å². The van der Waals surface area contributed by atoms with Gasteiger partial charge in [0.05, 0.1) is 18.3 Å². The molecule has 3 heteroatoms. The smallest absolute Gasteiger partial charge is 0.226 e. The standard InChI is InChI=1S/C12H14N2O/c1-14(2)12(15)7-9-8-13-11-6-4-3-5-10(9)11/h3-6H,7-8H2,1-2H3. The summed E-state index contributed by atoms with van der Waals surface area (Å²) < 4.78 is 0. The minimum Gasteiger partial charge on any atom is -0.349 e. The van der Waals surface area contributed by atoms with Crippen molar-refractivity contribution in [1.82, 2.24) is 4.90 Å². The first-order chi connectivity index (χ1) is 7.18. The molecule has 1 aliphatic heterocycles. The summed E-state index contributed by atoms with van der Waals surface area (Å²) in [7, 11) is 3.56. The van der Waals surface area contributed by atoms with E-state index in [0.29, 0.717) is 13.0 Å². The van der Waals surface area contributed by atoms with Gasteiger partial charge in [0, 0.05) is 19.3 Å². The van der Waals surface area contributed by atoms with Gasteiger partial charge in [-0.1, -0.05) is 18.2 Å². The molecule has 15 heavy (non-hydrogen) atoms. The van der Waals surface area contributed by atoms with Gasteiger partial charge in [-0.3, -0.25) is 9.79 Å². The Morgan fingerprint density at radius 3 is 2.87 bits per heavy atom. The third-order valence-corrected chi connectivity index (χ3v) is 2.59. The second-order valence-corrected chi connectivity index (χ2v) is 3.90. The van der Waals surface area contributed by atoms with E-state index in [0.717, 1.165) is 16.1 Å². The van der Waals surface area contributed by atoms with Crippen molar-refractivity contribution in [2.75, 3.05) is 20.6 Å². The summed E-state index contributed by atoms with van der Waals surface area (Å²) in [5, 5.41) is 2.15. The highest BCUT2D eigenvalue weighted by molar-refractivity contribution is 5.84. The molecule has 0 aliphatic carbocycles. The lowest BCUT2D eigenvalue weighted by atomic mass is 10.1. The van der Waals surface area contributed by atoms with E-state index in [1.54, 1.807) is 19.0 Å². The maximum absolute atomic E-state index is 11.6. The van der Waals surface area contributed by atoms with Gasteiger partial charge in [-0.05, 0) is 11.6 Å². The number of carbonyl (C=O) groups is 1. The number of para-hydroxylation sites is 1. The zero-order valence-corrected chi connectivity index (χ0v) is 9.03. The van der Waals surface area contributed by atoms with Crippen LogP contribution in [0.3, 0.4) is 0 Å². The Labute approximate surface area is 88.7 Å². The van der Waals surface area contributed by atoms with Crippen LogP contribution < -0.4 is 10.6 Å². The van der Waals surface area contributed by atoms with Crippen LogP contribution in [0.25, 0.3) is 5.57 Å². The van der Waals surface area contributed by atoms with Crippen LogP contribution in [0.4, 0.5) is 0 Å². The zero-order chi connectivity index (χ0) is 10.8. The lowest BCUT2D eigenvalue weighted by molar-refractivity contribution is -0.127. The van der Waals surface area contributed by atoms with Crippen molar-refractivity contribution in [3.63, 3.8) is 0 Å². The van der Waals surface area contributed by atoms with Crippen LogP contribution in [-0.2, 0) is 4.79 Å². The van der Waals surface area contributed by atoms with Gasteiger partial charge in [-0.15, -0.1) is 0 Å². The van der Waals surface area contributed by atoms with Crippen LogP contribution >= 0.6 is 0 Å². The molecule has 1 aromatic rings. The molecule has 0 atom stereocenters. The molecule has 2 rings (SSSR count). The van der Waals surface area contributed by atoms with Gasteiger partial charge >= 0.3 is 0 Å². The topological polar surface area (TPSA) is 32.7 Å². The van der Waals surface area contributed by atoms with Crippen molar-refractivity contribution in [2.45, 2.75) is 6.42 Å². The van der Waals surface area contributed by atoms with Crippen LogP contribution in [0.15, 0.2) is 29.3 Å². The van der Waals surface area contributed by atoms with Crippen molar-refractivity contribution < 1.29 is 4.79 Å². The Morgan fingerprint density at radius 2 is 2.13 bits per heavy atom. The first kappa shape index (κ1) is 9.90. The van der Waals surface area contributed by atoms with Crippen LogP contribution in [-0.4, -0.2) is 31.4 Å². The number of hydrogen-bond acceptors (Lipinski definition) is 2. The molecule has 1 aliphatic rings. The van der Waals surface area contributed by atoms with Crippen LogP contribution in [0.5, 0.6) is 0 Å². The lowest BCUT2D eigenvalue weighted by Gasteiger charge is -2.09. The third-order valence-electron chi connectivity index (χ3n) is 2.59. The number of carbonyl (C=O) groups excluding carboxylic acids is 1. The molecule has 0 N–H and O–H groups in total. The van der Waals surface area contributed by atoms with Gasteiger partial charge in [0.2, 0.25) is 5.91 Å². The Bertz CT molecular complexity index is 503. The highest BCUT2D eigenvalue weighted by atomic mass is 16.2. The van der Waals surface area contributed by atoms with Crippen molar-refractivity contribution in [1.29, 1.82) is 0 Å². The quantitative estimate of drug-likeness (QED) is 0.661. The zero-order valence-electron chi connectivity index (χ0n) is 9.03. The minimum atomic E-state index is 0.136. The number of amides is 1. The highest BCUT2D eigenvalue weighted by Gasteiger charge is 2.11. The number of nitrogens with zero attached hydrogens (tertiary/aromatic N) is 2. The summed E-state index contributed by atoms with van der Waals surface area (Å²) in [6, 6.07) is 7.98. The molecule has 1 aromatic carbocycles. The van der Waals surface area contributed by atoms with Crippen LogP contribution in [0, 0.1) is 0 Å². The van der Waals surface area contributed by atoms with Gasteiger partial charge < -0.3 is 4.90 Å². The fourth-order valence-electron chi connectivity index (χ4n) is 1.67. The van der Waals surface area contributed by atoms with Crippen molar-refractivity contribution >= 4 is 11.5 Å². The average Bonchev–Trinajstić information content (AvgIpc) is 2.62. The lowest BCUT2D eigenvalue weighted by Crippen LogP contribution is -2.26. The number of fused-ring (bicyclic) bond motifs is 1. The first-order valence-electron chi connectivity index (χ1n) is 5.00. The normalized spacial score (nSPS) is 13.3. The average molecular weight is 202 g/mol. The van der Waals surface area contributed by atoms with E-state index in [9.17, 15) is 4.79 Å². The fraction of sp³-hybridized carbons (Fsp3) is 0.333. The van der Waals surface area contributed by atoms with Crippen molar-refractivity contribution in [3.8, 4) is 0 Å². The van der Waals surface area contributed by atoms with E-state index in [2.05, 4.69) is 4.99 Å². The summed E-state index contributed by atoms with van der Waals surface area (Å²) in [4.78, 5) is 17.6. The molecule has 0 unspecified atom stereocenters. The predicted octanol–water partition coefficient (Wildman–Crippen LogP) is -0.0512. The first-order valence-corrected chi connectivity index (χ1v) is 5.00. The number of rotatable bonds is 2. The molecule has 78 valence electrons. The van der Waals surface area contributed by atoms with Gasteiger partial charge in [0.15, 0.2) is 0 Å². The van der Waals surface area contributed by atoms with Gasteiger partial charge in [0.25, 0.3) is 0 Å². The van der Waals surface area contributed by atoms with Crippen molar-refractivity contribution in [3.05, 3.63) is 34.8 Å². The molecule has 0 saturated carbocycles. The Kier molecular flexibility index (Phi) is 2.54. The number of benzene rings is 1. The summed E-state index contributed by atoms with van der Waals surface area (Å²) in [6.07, 6.45) is 0.480. The second kappa shape index (κ2) is 3.85. The van der Waals surface area contributed by atoms with E-state index >= 15 is 0 Å². The molecule has 0 radical (unpaired) electrons. The maximum Gasteiger partial charge on any atom is 0.226 e. The molecular formula is C12H14N2O. The second-order valence-electron chi connectivity index (χ2n) is 3.90. The van der Waals surface area contributed by atoms with Gasteiger partial charge in [-0.2, -0.15) is 0 Å². The summed E-state index contributed by atoms with van der Waals surface area (Å²) in [5.41, 5.74) is 1.13. The number of hydrogen-bond donors (Lipinski definition) is 0. The third kappa shape index (κ3) is 1.91. The summed E-state index contributed by atoms with van der Waals surface area (Å²) in [6.45, 7) is 0.666. The summed E-state index contributed by atoms with van der Waals surface area (Å²) >= 11 is 0. The Balaban J connectivity index is 2.35. The Morgan fingerprint density at radius 1 is 1.40 bits per heavy atom. The molecule has 0 spiro atoms. The van der Waals surface area contributed by atoms with E-state index in [1.165, 1.54) is 0 Å². The van der Waals surface area contributed by atoms with Crippen LogP contribution in [0.1, 0.15) is 6.42 Å². The largest absolute Gasteiger partial charge is 0.349 e. The molecule has 0 aromatic heterocycles. The minimum absolute atomic E-state index is 0.136. The van der Waals surface area contributed by atoms with Crippen molar-refractivity contribution in [2.24, 2.45) is 4.99 Å². The molecular weight excluding hydrogens is 188 g/mol. The predicted molar refractivity (Wildman–Crippen MR) is 58.8 cm³/mol. The molecule has 0 saturated heterocycles. The van der Waals surface area contributed by atoms with Crippen LogP contribution in [0.2, 0.25) is 0 Å². The van der Waals surface area contributed by atoms with Gasteiger partial charge in [0.1, 0.15) is 0 Å². The highest BCUT2D eigenvalue weighted by Crippen LogP contribution is 2.05. The molecule has 1 amide bonds. The maximum atomic E-state index is 11.6. The van der Waals surface area contributed by atoms with E-state index < -0.39 is 0 Å². The molecule has 0 bridgehead atoms. The monoisotopic (exact) mass is 202 g/mol. The fourth-order valence-corrected chi connectivity index (χ4v) is 1.67. The van der Waals surface area contributed by atoms with E-state index in [4.69, 9.17) is 0 Å². The SMILES string of the molecule is CN(C)C(=O)CC1=c2ccccc2=NC1. The molecule has 1 heterocycles.